The Morgan fingerprint density at radius 3 is 2.35 bits per heavy atom. The van der Waals surface area contributed by atoms with E-state index in [0.29, 0.717) is 13.0 Å². The topological polar surface area (TPSA) is 49.3 Å². The van der Waals surface area contributed by atoms with Gasteiger partial charge in [0.25, 0.3) is 5.91 Å². The summed E-state index contributed by atoms with van der Waals surface area (Å²) in [5.41, 5.74) is 0.903. The largest absolute Gasteiger partial charge is 0.507 e. The summed E-state index contributed by atoms with van der Waals surface area (Å²) in [6, 6.07) is 9.18. The zero-order chi connectivity index (χ0) is 14.5. The number of hydrogen-bond acceptors (Lipinski definition) is 2. The molecule has 1 amide bonds. The molecule has 0 aliphatic rings. The summed E-state index contributed by atoms with van der Waals surface area (Å²) in [7, 11) is 0. The van der Waals surface area contributed by atoms with Gasteiger partial charge in [0.05, 0.1) is 5.56 Å². The molecule has 0 aliphatic heterocycles. The molecule has 2 rings (SSSR count). The number of amides is 1. The Kier molecular flexibility index (Phi) is 4.30. The van der Waals surface area contributed by atoms with Crippen LogP contribution in [0, 0.1) is 11.6 Å². The second-order valence-electron chi connectivity index (χ2n) is 4.29. The number of phenols is 1. The predicted molar refractivity (Wildman–Crippen MR) is 70.5 cm³/mol. The van der Waals surface area contributed by atoms with E-state index in [1.54, 1.807) is 12.1 Å². The first kappa shape index (κ1) is 14.0. The van der Waals surface area contributed by atoms with Crippen LogP contribution >= 0.6 is 0 Å². The minimum atomic E-state index is -0.606. The van der Waals surface area contributed by atoms with Crippen LogP contribution in [-0.2, 0) is 6.42 Å². The summed E-state index contributed by atoms with van der Waals surface area (Å²) in [6.45, 7) is 0.335. The molecule has 0 saturated carbocycles. The molecule has 0 aromatic heterocycles. The maximum absolute atomic E-state index is 12.8. The monoisotopic (exact) mass is 277 g/mol. The van der Waals surface area contributed by atoms with Crippen LogP contribution in [0.25, 0.3) is 0 Å². The predicted octanol–water partition coefficient (Wildman–Crippen LogP) is 2.64. The third-order valence-corrected chi connectivity index (χ3v) is 2.82. The molecule has 0 atom stereocenters. The van der Waals surface area contributed by atoms with E-state index >= 15 is 0 Å². The normalized spacial score (nSPS) is 10.3. The van der Waals surface area contributed by atoms with Crippen LogP contribution in [0.5, 0.6) is 5.75 Å². The lowest BCUT2D eigenvalue weighted by atomic mass is 10.1. The molecule has 0 heterocycles. The van der Waals surface area contributed by atoms with E-state index in [9.17, 15) is 18.7 Å². The molecule has 5 heteroatoms. The van der Waals surface area contributed by atoms with E-state index in [2.05, 4.69) is 5.32 Å². The standard InChI is InChI=1S/C15H13F2NO2/c16-11-3-1-10(2-4-11)7-8-18-15(20)13-6-5-12(17)9-14(13)19/h1-6,9,19H,7-8H2,(H,18,20). The van der Waals surface area contributed by atoms with Crippen molar-refractivity contribution in [3.8, 4) is 5.75 Å². The van der Waals surface area contributed by atoms with Gasteiger partial charge in [0.15, 0.2) is 0 Å². The van der Waals surface area contributed by atoms with E-state index in [4.69, 9.17) is 0 Å². The Morgan fingerprint density at radius 2 is 1.70 bits per heavy atom. The van der Waals surface area contributed by atoms with E-state index in [-0.39, 0.29) is 11.4 Å². The average molecular weight is 277 g/mol. The molecule has 0 spiro atoms. The van der Waals surface area contributed by atoms with Crippen LogP contribution in [0.1, 0.15) is 15.9 Å². The highest BCUT2D eigenvalue weighted by Crippen LogP contribution is 2.17. The first-order valence-corrected chi connectivity index (χ1v) is 6.07. The van der Waals surface area contributed by atoms with Crippen molar-refractivity contribution in [1.29, 1.82) is 0 Å². The molecule has 2 aromatic rings. The Morgan fingerprint density at radius 1 is 1.05 bits per heavy atom. The van der Waals surface area contributed by atoms with Crippen molar-refractivity contribution >= 4 is 5.91 Å². The number of carbonyl (C=O) groups is 1. The lowest BCUT2D eigenvalue weighted by molar-refractivity contribution is 0.0951. The molecule has 0 bridgehead atoms. The number of rotatable bonds is 4. The number of hydrogen-bond donors (Lipinski definition) is 2. The zero-order valence-corrected chi connectivity index (χ0v) is 10.6. The van der Waals surface area contributed by atoms with Crippen LogP contribution in [0.2, 0.25) is 0 Å². The number of phenolic OH excluding ortho intramolecular Hbond substituents is 1. The Balaban J connectivity index is 1.90. The van der Waals surface area contributed by atoms with Crippen LogP contribution in [0.15, 0.2) is 42.5 Å². The van der Waals surface area contributed by atoms with Crippen LogP contribution in [0.4, 0.5) is 8.78 Å². The summed E-state index contributed by atoms with van der Waals surface area (Å²) >= 11 is 0. The first-order chi connectivity index (χ1) is 9.56. The van der Waals surface area contributed by atoms with E-state index in [0.717, 1.165) is 17.7 Å². The molecule has 0 radical (unpaired) electrons. The highest BCUT2D eigenvalue weighted by molar-refractivity contribution is 5.96. The maximum atomic E-state index is 12.8. The molecule has 2 N–H and O–H groups in total. The lowest BCUT2D eigenvalue weighted by Crippen LogP contribution is -2.25. The highest BCUT2D eigenvalue weighted by Gasteiger charge is 2.11. The quantitative estimate of drug-likeness (QED) is 0.902. The van der Waals surface area contributed by atoms with Crippen LogP contribution in [0.3, 0.4) is 0 Å². The Hall–Kier alpha value is -2.43. The summed E-state index contributed by atoms with van der Waals surface area (Å²) in [5, 5.41) is 12.1. The molecule has 0 fully saturated rings. The van der Waals surface area contributed by atoms with E-state index < -0.39 is 17.5 Å². The van der Waals surface area contributed by atoms with Crippen LogP contribution in [-0.4, -0.2) is 17.6 Å². The first-order valence-electron chi connectivity index (χ1n) is 6.07. The number of nitrogens with one attached hydrogen (secondary N) is 1. The molecule has 2 aromatic carbocycles. The van der Waals surface area contributed by atoms with Gasteiger partial charge in [-0.2, -0.15) is 0 Å². The molecule has 0 aliphatic carbocycles. The molecule has 104 valence electrons. The second kappa shape index (κ2) is 6.14. The summed E-state index contributed by atoms with van der Waals surface area (Å²) in [5.74, 6) is -1.80. The van der Waals surface area contributed by atoms with Gasteiger partial charge in [0, 0.05) is 12.6 Å². The van der Waals surface area contributed by atoms with Gasteiger partial charge in [-0.25, -0.2) is 8.78 Å². The number of halogens is 2. The van der Waals surface area contributed by atoms with Gasteiger partial charge < -0.3 is 10.4 Å². The third kappa shape index (κ3) is 3.54. The minimum Gasteiger partial charge on any atom is -0.507 e. The van der Waals surface area contributed by atoms with E-state index in [1.807, 2.05) is 0 Å². The number of carbonyl (C=O) groups excluding carboxylic acids is 1. The molecule has 3 nitrogen and oxygen atoms in total. The van der Waals surface area contributed by atoms with Crippen molar-refractivity contribution in [2.24, 2.45) is 0 Å². The van der Waals surface area contributed by atoms with Gasteiger partial charge in [-0.05, 0) is 36.2 Å². The Labute approximate surface area is 114 Å². The van der Waals surface area contributed by atoms with Crippen LogP contribution < -0.4 is 5.32 Å². The second-order valence-corrected chi connectivity index (χ2v) is 4.29. The fourth-order valence-electron chi connectivity index (χ4n) is 1.76. The highest BCUT2D eigenvalue weighted by atomic mass is 19.1. The van der Waals surface area contributed by atoms with Gasteiger partial charge >= 0.3 is 0 Å². The average Bonchev–Trinajstić information content (AvgIpc) is 2.41. The van der Waals surface area contributed by atoms with Crippen molar-refractivity contribution in [3.05, 3.63) is 65.2 Å². The van der Waals surface area contributed by atoms with Crippen molar-refractivity contribution in [2.45, 2.75) is 6.42 Å². The van der Waals surface area contributed by atoms with Gasteiger partial charge in [0.2, 0.25) is 0 Å². The lowest BCUT2D eigenvalue weighted by Gasteiger charge is -2.07. The summed E-state index contributed by atoms with van der Waals surface area (Å²) < 4.78 is 25.5. The van der Waals surface area contributed by atoms with Crippen molar-refractivity contribution in [2.75, 3.05) is 6.54 Å². The zero-order valence-electron chi connectivity index (χ0n) is 10.6. The van der Waals surface area contributed by atoms with Crippen molar-refractivity contribution in [3.63, 3.8) is 0 Å². The molecule has 0 unspecified atom stereocenters. The number of benzene rings is 2. The smallest absolute Gasteiger partial charge is 0.255 e. The molecular weight excluding hydrogens is 264 g/mol. The summed E-state index contributed by atoms with van der Waals surface area (Å²) in [6.07, 6.45) is 0.536. The van der Waals surface area contributed by atoms with Crippen molar-refractivity contribution < 1.29 is 18.7 Å². The van der Waals surface area contributed by atoms with Gasteiger partial charge in [-0.3, -0.25) is 4.79 Å². The van der Waals surface area contributed by atoms with Gasteiger partial charge in [0.1, 0.15) is 17.4 Å². The SMILES string of the molecule is O=C(NCCc1ccc(F)cc1)c1ccc(F)cc1O. The van der Waals surface area contributed by atoms with Gasteiger partial charge in [-0.1, -0.05) is 12.1 Å². The molecular formula is C15H13F2NO2. The fourth-order valence-corrected chi connectivity index (χ4v) is 1.76. The van der Waals surface area contributed by atoms with Crippen molar-refractivity contribution in [1.82, 2.24) is 5.32 Å². The minimum absolute atomic E-state index is 0.0190. The summed E-state index contributed by atoms with van der Waals surface area (Å²) in [4.78, 5) is 11.8. The number of aromatic hydroxyl groups is 1. The third-order valence-electron chi connectivity index (χ3n) is 2.82. The van der Waals surface area contributed by atoms with E-state index in [1.165, 1.54) is 18.2 Å². The van der Waals surface area contributed by atoms with Gasteiger partial charge in [-0.15, -0.1) is 0 Å². The maximum Gasteiger partial charge on any atom is 0.255 e. The molecule has 20 heavy (non-hydrogen) atoms. The molecule has 0 saturated heterocycles. The fraction of sp³-hybridized carbons (Fsp3) is 0.133. The Bertz CT molecular complexity index is 612.